The molecule has 2 aliphatic rings. The van der Waals surface area contributed by atoms with Gasteiger partial charge in [-0.05, 0) is 60.9 Å². The van der Waals surface area contributed by atoms with Gasteiger partial charge in [0.1, 0.15) is 11.5 Å². The lowest BCUT2D eigenvalue weighted by Crippen LogP contribution is -2.33. The van der Waals surface area contributed by atoms with Crippen LogP contribution in [0, 0.1) is 17.3 Å². The first-order valence-electron chi connectivity index (χ1n) is 8.69. The minimum absolute atomic E-state index is 0.0928. The summed E-state index contributed by atoms with van der Waals surface area (Å²) >= 11 is 0. The van der Waals surface area contributed by atoms with Crippen LogP contribution >= 0.6 is 0 Å². The molecule has 25 heavy (non-hydrogen) atoms. The van der Waals surface area contributed by atoms with Gasteiger partial charge >= 0.3 is 0 Å². The first-order valence-corrected chi connectivity index (χ1v) is 8.69. The highest BCUT2D eigenvalue weighted by molar-refractivity contribution is 5.79. The molecule has 0 atom stereocenters. The number of nitrogens with zero attached hydrogens (tertiary/aromatic N) is 3. The van der Waals surface area contributed by atoms with Crippen molar-refractivity contribution in [1.29, 1.82) is 0 Å². The van der Waals surface area contributed by atoms with Crippen molar-refractivity contribution in [2.45, 2.75) is 32.2 Å². The summed E-state index contributed by atoms with van der Waals surface area (Å²) in [5.74, 6) is 7.08. The van der Waals surface area contributed by atoms with Crippen molar-refractivity contribution in [2.75, 3.05) is 0 Å². The molecule has 2 aromatic heterocycles. The summed E-state index contributed by atoms with van der Waals surface area (Å²) in [4.78, 5) is 21.8. The largest absolute Gasteiger partial charge is 0.296 e. The van der Waals surface area contributed by atoms with Crippen molar-refractivity contribution in [3.8, 4) is 11.8 Å². The van der Waals surface area contributed by atoms with Crippen LogP contribution in [-0.4, -0.2) is 14.5 Å². The fourth-order valence-corrected chi connectivity index (χ4v) is 3.65. The summed E-state index contributed by atoms with van der Waals surface area (Å²) in [5, 5.41) is 0.685. The molecule has 1 saturated carbocycles. The molecule has 0 bridgehead atoms. The van der Waals surface area contributed by atoms with E-state index in [4.69, 9.17) is 4.98 Å². The van der Waals surface area contributed by atoms with Gasteiger partial charge in [-0.25, -0.2) is 9.97 Å². The van der Waals surface area contributed by atoms with E-state index in [0.717, 1.165) is 42.0 Å². The Morgan fingerprint density at radius 3 is 2.80 bits per heavy atom. The predicted molar refractivity (Wildman–Crippen MR) is 96.2 cm³/mol. The van der Waals surface area contributed by atoms with Crippen LogP contribution in [0.5, 0.6) is 0 Å². The molecule has 0 N–H and O–H groups in total. The highest BCUT2D eigenvalue weighted by Crippen LogP contribution is 2.52. The highest BCUT2D eigenvalue weighted by Gasteiger charge is 2.45. The zero-order valence-electron chi connectivity index (χ0n) is 13.8. The Labute approximate surface area is 145 Å². The van der Waals surface area contributed by atoms with Gasteiger partial charge in [-0.15, -0.1) is 0 Å². The van der Waals surface area contributed by atoms with Gasteiger partial charge < -0.3 is 0 Å². The average molecular weight is 327 g/mol. The van der Waals surface area contributed by atoms with Gasteiger partial charge in [0.25, 0.3) is 5.56 Å². The minimum Gasteiger partial charge on any atom is -0.296 e. The van der Waals surface area contributed by atoms with Crippen LogP contribution in [-0.2, 0) is 13.0 Å². The van der Waals surface area contributed by atoms with Crippen LogP contribution in [0.2, 0.25) is 0 Å². The molecule has 0 saturated heterocycles. The molecular formula is C21H17N3O. The summed E-state index contributed by atoms with van der Waals surface area (Å²) in [6, 6.07) is 11.3. The molecule has 1 fully saturated rings. The molecule has 122 valence electrons. The van der Waals surface area contributed by atoms with E-state index in [-0.39, 0.29) is 5.56 Å². The molecule has 1 aliphatic heterocycles. The van der Waals surface area contributed by atoms with Crippen LogP contribution < -0.4 is 5.56 Å². The standard InChI is InChI=1S/C21H17N3O/c25-20-17-7-5-15(4-6-16-3-1-2-12-22-16)13-18(17)23-19-8-9-21(10-11-21)14-24(19)20/h1-3,5,7,12-13H,8-11,14H2. The number of hydrogen-bond donors (Lipinski definition) is 0. The molecule has 5 rings (SSSR count). The number of fused-ring (bicyclic) bond motifs is 2. The number of benzene rings is 1. The fraction of sp³-hybridized carbons (Fsp3) is 0.286. The van der Waals surface area contributed by atoms with E-state index in [2.05, 4.69) is 16.8 Å². The second-order valence-electron chi connectivity index (χ2n) is 7.12. The maximum Gasteiger partial charge on any atom is 0.261 e. The lowest BCUT2D eigenvalue weighted by molar-refractivity contribution is 0.333. The Morgan fingerprint density at radius 2 is 2.00 bits per heavy atom. The molecular weight excluding hydrogens is 310 g/mol. The SMILES string of the molecule is O=c1c2ccc(C#Cc3ccccn3)cc2nc2n1CC1(CC2)CC1. The zero-order chi connectivity index (χ0) is 16.9. The van der Waals surface area contributed by atoms with Crippen LogP contribution in [0.1, 0.15) is 36.3 Å². The molecule has 1 spiro atoms. The van der Waals surface area contributed by atoms with E-state index in [1.807, 2.05) is 41.0 Å². The summed E-state index contributed by atoms with van der Waals surface area (Å²) < 4.78 is 1.90. The number of aromatic nitrogens is 3. The van der Waals surface area contributed by atoms with Gasteiger partial charge in [-0.2, -0.15) is 0 Å². The van der Waals surface area contributed by atoms with Gasteiger partial charge in [-0.1, -0.05) is 12.0 Å². The van der Waals surface area contributed by atoms with Crippen molar-refractivity contribution in [3.63, 3.8) is 0 Å². The predicted octanol–water partition coefficient (Wildman–Crippen LogP) is 2.92. The third-order valence-electron chi connectivity index (χ3n) is 5.36. The van der Waals surface area contributed by atoms with E-state index < -0.39 is 0 Å². The Balaban J connectivity index is 1.57. The molecule has 1 aromatic carbocycles. The molecule has 0 radical (unpaired) electrons. The van der Waals surface area contributed by atoms with Crippen molar-refractivity contribution < 1.29 is 0 Å². The molecule has 0 amide bonds. The summed E-state index contributed by atoms with van der Waals surface area (Å²) in [5.41, 5.74) is 2.81. The Hall–Kier alpha value is -2.93. The lowest BCUT2D eigenvalue weighted by Gasteiger charge is -2.25. The van der Waals surface area contributed by atoms with Crippen molar-refractivity contribution in [1.82, 2.24) is 14.5 Å². The molecule has 4 nitrogen and oxygen atoms in total. The maximum absolute atomic E-state index is 12.9. The van der Waals surface area contributed by atoms with Crippen LogP contribution in [0.4, 0.5) is 0 Å². The van der Waals surface area contributed by atoms with Gasteiger partial charge in [0, 0.05) is 24.7 Å². The van der Waals surface area contributed by atoms with Crippen molar-refractivity contribution in [3.05, 3.63) is 70.0 Å². The second-order valence-corrected chi connectivity index (χ2v) is 7.12. The molecule has 3 heterocycles. The van der Waals surface area contributed by atoms with E-state index in [9.17, 15) is 4.79 Å². The molecule has 4 heteroatoms. The Kier molecular flexibility index (Phi) is 3.05. The van der Waals surface area contributed by atoms with Gasteiger partial charge in [-0.3, -0.25) is 9.36 Å². The van der Waals surface area contributed by atoms with Gasteiger partial charge in [0.05, 0.1) is 10.9 Å². The van der Waals surface area contributed by atoms with E-state index in [1.54, 1.807) is 6.20 Å². The monoisotopic (exact) mass is 327 g/mol. The molecule has 1 aliphatic carbocycles. The second kappa shape index (κ2) is 5.29. The maximum atomic E-state index is 12.9. The summed E-state index contributed by atoms with van der Waals surface area (Å²) in [6.07, 6.45) is 6.28. The molecule has 3 aromatic rings. The van der Waals surface area contributed by atoms with Gasteiger partial charge in [0.2, 0.25) is 0 Å². The lowest BCUT2D eigenvalue weighted by atomic mass is 9.96. The van der Waals surface area contributed by atoms with Crippen LogP contribution in [0.3, 0.4) is 0 Å². The van der Waals surface area contributed by atoms with Gasteiger partial charge in [0.15, 0.2) is 0 Å². The normalized spacial score (nSPS) is 17.0. The summed E-state index contributed by atoms with van der Waals surface area (Å²) in [6.45, 7) is 0.839. The fourth-order valence-electron chi connectivity index (χ4n) is 3.65. The average Bonchev–Trinajstić information content (AvgIpc) is 3.41. The number of pyridine rings is 1. The topological polar surface area (TPSA) is 47.8 Å². The quantitative estimate of drug-likeness (QED) is 0.597. The Morgan fingerprint density at radius 1 is 1.08 bits per heavy atom. The first kappa shape index (κ1) is 14.4. The van der Waals surface area contributed by atoms with E-state index >= 15 is 0 Å². The van der Waals surface area contributed by atoms with Crippen molar-refractivity contribution in [2.24, 2.45) is 5.41 Å². The number of aryl methyl sites for hydroxylation is 1. The van der Waals surface area contributed by atoms with Crippen LogP contribution in [0.15, 0.2) is 47.4 Å². The smallest absolute Gasteiger partial charge is 0.261 e. The third kappa shape index (κ3) is 2.53. The van der Waals surface area contributed by atoms with Crippen LogP contribution in [0.25, 0.3) is 10.9 Å². The molecule has 0 unspecified atom stereocenters. The van der Waals surface area contributed by atoms with E-state index in [0.29, 0.717) is 10.8 Å². The zero-order valence-corrected chi connectivity index (χ0v) is 13.8. The highest BCUT2D eigenvalue weighted by atomic mass is 16.1. The van der Waals surface area contributed by atoms with Crippen molar-refractivity contribution >= 4 is 10.9 Å². The summed E-state index contributed by atoms with van der Waals surface area (Å²) in [7, 11) is 0. The minimum atomic E-state index is 0.0928. The number of rotatable bonds is 0. The van der Waals surface area contributed by atoms with E-state index in [1.165, 1.54) is 12.8 Å². The number of hydrogen-bond acceptors (Lipinski definition) is 3. The Bertz CT molecular complexity index is 1100. The first-order chi connectivity index (χ1) is 12.2. The third-order valence-corrected chi connectivity index (χ3v) is 5.36.